The average molecular weight is 234 g/mol. The zero-order chi connectivity index (χ0) is 11.3. The van der Waals surface area contributed by atoms with Gasteiger partial charge in [-0.1, -0.05) is 0 Å². The molecule has 0 atom stereocenters. The summed E-state index contributed by atoms with van der Waals surface area (Å²) in [7, 11) is -2.82. The zero-order valence-electron chi connectivity index (χ0n) is 7.85. The van der Waals surface area contributed by atoms with E-state index in [-0.39, 0.29) is 6.54 Å². The molecule has 84 valence electrons. The Labute approximate surface area is 86.2 Å². The number of carbonyl (C=O) groups is 1. The molecule has 15 heavy (non-hydrogen) atoms. The normalized spacial score (nSPS) is 11.0. The lowest BCUT2D eigenvalue weighted by molar-refractivity contribution is 0.177. The Morgan fingerprint density at radius 1 is 1.67 bits per heavy atom. The Morgan fingerprint density at radius 3 is 2.93 bits per heavy atom. The predicted octanol–water partition coefficient (Wildman–Crippen LogP) is -0.900. The van der Waals surface area contributed by atoms with Gasteiger partial charge in [0.25, 0.3) is 0 Å². The van der Waals surface area contributed by atoms with E-state index in [0.717, 1.165) is 7.11 Å². The molecule has 0 bridgehead atoms. The maximum absolute atomic E-state index is 11.1. The molecule has 0 radical (unpaired) electrons. The van der Waals surface area contributed by atoms with E-state index in [1.807, 2.05) is 0 Å². The first kappa shape index (κ1) is 11.5. The van der Waals surface area contributed by atoms with E-state index >= 15 is 0 Å². The van der Waals surface area contributed by atoms with Crippen LogP contribution in [0.25, 0.3) is 0 Å². The van der Waals surface area contributed by atoms with Gasteiger partial charge in [-0.15, -0.1) is 0 Å². The van der Waals surface area contributed by atoms with E-state index in [2.05, 4.69) is 19.4 Å². The molecular weight excluding hydrogens is 224 g/mol. The van der Waals surface area contributed by atoms with Gasteiger partial charge >= 0.3 is 16.3 Å². The van der Waals surface area contributed by atoms with Gasteiger partial charge < -0.3 is 9.72 Å². The SMILES string of the molecule is COC(=O)NS(=O)(=O)NCc1cnc[nH]1. The van der Waals surface area contributed by atoms with E-state index in [9.17, 15) is 13.2 Å². The Bertz CT molecular complexity index is 412. The van der Waals surface area contributed by atoms with Crippen molar-refractivity contribution in [3.05, 3.63) is 18.2 Å². The fraction of sp³-hybridized carbons (Fsp3) is 0.333. The fourth-order valence-corrected chi connectivity index (χ4v) is 1.46. The minimum atomic E-state index is -3.89. The minimum Gasteiger partial charge on any atom is -0.452 e. The van der Waals surface area contributed by atoms with Gasteiger partial charge in [-0.3, -0.25) is 0 Å². The molecular formula is C6H10N4O4S. The van der Waals surface area contributed by atoms with Gasteiger partial charge in [-0.25, -0.2) is 14.5 Å². The number of imidazole rings is 1. The van der Waals surface area contributed by atoms with Gasteiger partial charge in [-0.2, -0.15) is 13.1 Å². The molecule has 8 nitrogen and oxygen atoms in total. The van der Waals surface area contributed by atoms with Crippen LogP contribution in [0.5, 0.6) is 0 Å². The molecule has 1 amide bonds. The zero-order valence-corrected chi connectivity index (χ0v) is 8.67. The highest BCUT2D eigenvalue weighted by molar-refractivity contribution is 7.88. The largest absolute Gasteiger partial charge is 0.452 e. The molecule has 1 aromatic heterocycles. The van der Waals surface area contributed by atoms with Gasteiger partial charge in [0.2, 0.25) is 0 Å². The number of nitrogens with one attached hydrogen (secondary N) is 3. The highest BCUT2D eigenvalue weighted by Gasteiger charge is 2.13. The Balaban J connectivity index is 2.47. The molecule has 0 unspecified atom stereocenters. The number of methoxy groups -OCH3 is 1. The van der Waals surface area contributed by atoms with Gasteiger partial charge in [0.05, 0.1) is 20.0 Å². The van der Waals surface area contributed by atoms with E-state index in [4.69, 9.17) is 0 Å². The highest BCUT2D eigenvalue weighted by atomic mass is 32.2. The smallest absolute Gasteiger partial charge is 0.421 e. The number of rotatable bonds is 4. The summed E-state index contributed by atoms with van der Waals surface area (Å²) in [6.07, 6.45) is 1.82. The molecule has 0 aliphatic carbocycles. The van der Waals surface area contributed by atoms with Crippen molar-refractivity contribution in [2.24, 2.45) is 0 Å². The fourth-order valence-electron chi connectivity index (χ4n) is 0.742. The number of carbonyl (C=O) groups excluding carboxylic acids is 1. The second-order valence-corrected chi connectivity index (χ2v) is 3.99. The van der Waals surface area contributed by atoms with Crippen LogP contribution in [0, 0.1) is 0 Å². The van der Waals surface area contributed by atoms with Crippen molar-refractivity contribution in [1.29, 1.82) is 0 Å². The number of ether oxygens (including phenoxy) is 1. The second-order valence-electron chi connectivity index (χ2n) is 2.50. The Kier molecular flexibility index (Phi) is 3.63. The van der Waals surface area contributed by atoms with Crippen LogP contribution in [-0.4, -0.2) is 31.6 Å². The third-order valence-corrected chi connectivity index (χ3v) is 2.37. The molecule has 3 N–H and O–H groups in total. The van der Waals surface area contributed by atoms with Crippen LogP contribution in [0.1, 0.15) is 5.69 Å². The number of aromatic amines is 1. The van der Waals surface area contributed by atoms with Crippen molar-refractivity contribution in [2.75, 3.05) is 7.11 Å². The third-order valence-electron chi connectivity index (χ3n) is 1.41. The molecule has 9 heteroatoms. The lowest BCUT2D eigenvalue weighted by Gasteiger charge is -2.05. The molecule has 1 rings (SSSR count). The third kappa shape index (κ3) is 3.95. The Hall–Kier alpha value is -1.61. The van der Waals surface area contributed by atoms with Crippen LogP contribution in [0.2, 0.25) is 0 Å². The number of H-pyrrole nitrogens is 1. The molecule has 0 fully saturated rings. The van der Waals surface area contributed by atoms with Crippen molar-refractivity contribution < 1.29 is 17.9 Å². The van der Waals surface area contributed by atoms with E-state index in [1.54, 1.807) is 4.72 Å². The molecule has 1 heterocycles. The summed E-state index contributed by atoms with van der Waals surface area (Å²) in [6, 6.07) is 0. The molecule has 0 aliphatic rings. The summed E-state index contributed by atoms with van der Waals surface area (Å²) in [5, 5.41) is 0. The number of amides is 1. The number of hydrogen-bond donors (Lipinski definition) is 3. The molecule has 0 spiro atoms. The average Bonchev–Trinajstić information content (AvgIpc) is 2.66. The minimum absolute atomic E-state index is 0.00628. The number of nitrogens with zero attached hydrogens (tertiary/aromatic N) is 1. The lowest BCUT2D eigenvalue weighted by atomic mass is 10.5. The summed E-state index contributed by atoms with van der Waals surface area (Å²) in [5.74, 6) is 0. The van der Waals surface area contributed by atoms with E-state index in [0.29, 0.717) is 5.69 Å². The van der Waals surface area contributed by atoms with Crippen LogP contribution in [0.4, 0.5) is 4.79 Å². The van der Waals surface area contributed by atoms with Gasteiger partial charge in [0, 0.05) is 11.9 Å². The number of aromatic nitrogens is 2. The van der Waals surface area contributed by atoms with E-state index < -0.39 is 16.3 Å². The summed E-state index contributed by atoms with van der Waals surface area (Å²) in [6.45, 7) is 0.00628. The quantitative estimate of drug-likeness (QED) is 0.624. The van der Waals surface area contributed by atoms with Crippen molar-refractivity contribution in [3.63, 3.8) is 0 Å². The molecule has 0 saturated carbocycles. The predicted molar refractivity (Wildman–Crippen MR) is 49.9 cm³/mol. The first-order chi connectivity index (χ1) is 7.03. The summed E-state index contributed by atoms with van der Waals surface area (Å²) in [4.78, 5) is 17.0. The maximum Gasteiger partial charge on any atom is 0.421 e. The van der Waals surface area contributed by atoms with E-state index in [1.165, 1.54) is 12.5 Å². The van der Waals surface area contributed by atoms with Crippen LogP contribution >= 0.6 is 0 Å². The van der Waals surface area contributed by atoms with Gasteiger partial charge in [-0.05, 0) is 0 Å². The first-order valence-corrected chi connectivity index (χ1v) is 5.34. The highest BCUT2D eigenvalue weighted by Crippen LogP contribution is 1.90. The maximum atomic E-state index is 11.1. The van der Waals surface area contributed by atoms with Crippen molar-refractivity contribution in [3.8, 4) is 0 Å². The van der Waals surface area contributed by atoms with Crippen LogP contribution in [0.15, 0.2) is 12.5 Å². The monoisotopic (exact) mass is 234 g/mol. The van der Waals surface area contributed by atoms with Crippen molar-refractivity contribution >= 4 is 16.3 Å². The topological polar surface area (TPSA) is 113 Å². The first-order valence-electron chi connectivity index (χ1n) is 3.86. The van der Waals surface area contributed by atoms with Crippen LogP contribution < -0.4 is 9.44 Å². The molecule has 1 aromatic rings. The van der Waals surface area contributed by atoms with Crippen molar-refractivity contribution in [1.82, 2.24) is 19.4 Å². The van der Waals surface area contributed by atoms with Crippen molar-refractivity contribution in [2.45, 2.75) is 6.54 Å². The van der Waals surface area contributed by atoms with Gasteiger partial charge in [0.15, 0.2) is 0 Å². The summed E-state index contributed by atoms with van der Waals surface area (Å²) >= 11 is 0. The summed E-state index contributed by atoms with van der Waals surface area (Å²) in [5.41, 5.74) is 0.574. The molecule has 0 saturated heterocycles. The second kappa shape index (κ2) is 4.75. The molecule has 0 aliphatic heterocycles. The summed E-state index contributed by atoms with van der Waals surface area (Å²) < 4.78 is 30.2. The molecule has 0 aromatic carbocycles. The number of hydrogen-bond acceptors (Lipinski definition) is 5. The van der Waals surface area contributed by atoms with Crippen LogP contribution in [-0.2, 0) is 21.5 Å². The van der Waals surface area contributed by atoms with Crippen LogP contribution in [0.3, 0.4) is 0 Å². The lowest BCUT2D eigenvalue weighted by Crippen LogP contribution is -2.39. The van der Waals surface area contributed by atoms with Gasteiger partial charge in [0.1, 0.15) is 0 Å². The Morgan fingerprint density at radius 2 is 2.40 bits per heavy atom. The standard InChI is InChI=1S/C6H10N4O4S/c1-14-6(11)10-15(12,13)9-3-5-2-7-4-8-5/h2,4,9H,3H2,1H3,(H,7,8)(H,10,11).